The Balaban J connectivity index is 1.67. The van der Waals surface area contributed by atoms with Gasteiger partial charge in [-0.3, -0.25) is 9.63 Å². The van der Waals surface area contributed by atoms with E-state index >= 15 is 0 Å². The van der Waals surface area contributed by atoms with Crippen LogP contribution >= 0.6 is 11.6 Å². The summed E-state index contributed by atoms with van der Waals surface area (Å²) in [4.78, 5) is 27.6. The highest BCUT2D eigenvalue weighted by atomic mass is 35.5. The summed E-state index contributed by atoms with van der Waals surface area (Å²) >= 11 is 5.90. The molecule has 0 bridgehead atoms. The first kappa shape index (κ1) is 23.6. The summed E-state index contributed by atoms with van der Waals surface area (Å²) in [5.74, 6) is 0.250. The lowest BCUT2D eigenvalue weighted by Crippen LogP contribution is -2.37. The number of halogens is 2. The largest absolute Gasteiger partial charge is 0.378 e. The van der Waals surface area contributed by atoms with Crippen LogP contribution in [0.15, 0.2) is 54.7 Å². The number of carbonyl (C=O) groups is 1. The second kappa shape index (κ2) is 11.1. The number of aromatic nitrogens is 2. The molecule has 0 aliphatic carbocycles. The predicted octanol–water partition coefficient (Wildman–Crippen LogP) is 4.21. The van der Waals surface area contributed by atoms with Crippen LogP contribution in [0.1, 0.15) is 5.56 Å². The SMILES string of the molecule is CONC(=O)C=Cc1cccc(-c2cnc(Nc3ccc(F)c(Cl)c3)nc2N2CCOCC2)c1. The summed E-state index contributed by atoms with van der Waals surface area (Å²) in [6, 6.07) is 12.0. The Morgan fingerprint density at radius 1 is 1.24 bits per heavy atom. The summed E-state index contributed by atoms with van der Waals surface area (Å²) in [5.41, 5.74) is 5.39. The smallest absolute Gasteiger partial charge is 0.267 e. The number of ether oxygens (including phenoxy) is 1. The minimum absolute atomic E-state index is 0.0130. The molecule has 1 amide bonds. The van der Waals surface area contributed by atoms with E-state index in [4.69, 9.17) is 21.3 Å². The number of hydrogen-bond donors (Lipinski definition) is 2. The number of hydrogen-bond acceptors (Lipinski definition) is 7. The average Bonchev–Trinajstić information content (AvgIpc) is 2.86. The van der Waals surface area contributed by atoms with Crippen LogP contribution in [0.5, 0.6) is 0 Å². The Bertz CT molecular complexity index is 1200. The normalized spacial score (nSPS) is 13.8. The summed E-state index contributed by atoms with van der Waals surface area (Å²) in [6.45, 7) is 2.56. The van der Waals surface area contributed by atoms with E-state index in [9.17, 15) is 9.18 Å². The van der Waals surface area contributed by atoms with Gasteiger partial charge in [0.15, 0.2) is 0 Å². The van der Waals surface area contributed by atoms with E-state index in [1.807, 2.05) is 24.3 Å². The molecule has 1 aliphatic heterocycles. The lowest BCUT2D eigenvalue weighted by atomic mass is 10.0. The van der Waals surface area contributed by atoms with Crippen LogP contribution in [-0.2, 0) is 14.4 Å². The maximum Gasteiger partial charge on any atom is 0.267 e. The van der Waals surface area contributed by atoms with Crippen molar-refractivity contribution < 1.29 is 18.8 Å². The topological polar surface area (TPSA) is 88.6 Å². The Morgan fingerprint density at radius 2 is 2.06 bits per heavy atom. The van der Waals surface area contributed by atoms with Gasteiger partial charge in [-0.1, -0.05) is 29.8 Å². The van der Waals surface area contributed by atoms with E-state index in [2.05, 4.69) is 25.5 Å². The van der Waals surface area contributed by atoms with Crippen LogP contribution in [0.25, 0.3) is 17.2 Å². The van der Waals surface area contributed by atoms with Gasteiger partial charge in [-0.05, 0) is 41.5 Å². The van der Waals surface area contributed by atoms with Crippen molar-refractivity contribution in [2.24, 2.45) is 0 Å². The van der Waals surface area contributed by atoms with Crippen LogP contribution in [0.3, 0.4) is 0 Å². The van der Waals surface area contributed by atoms with Gasteiger partial charge in [0.05, 0.1) is 25.3 Å². The zero-order chi connectivity index (χ0) is 23.9. The molecular weight excluding hydrogens is 461 g/mol. The first-order valence-electron chi connectivity index (χ1n) is 10.6. The molecule has 2 N–H and O–H groups in total. The molecule has 1 aromatic heterocycles. The minimum atomic E-state index is -0.494. The van der Waals surface area contributed by atoms with Crippen LogP contribution in [0.2, 0.25) is 5.02 Å². The minimum Gasteiger partial charge on any atom is -0.378 e. The third kappa shape index (κ3) is 5.88. The van der Waals surface area contributed by atoms with Crippen LogP contribution in [-0.4, -0.2) is 49.3 Å². The third-order valence-corrected chi connectivity index (χ3v) is 5.37. The van der Waals surface area contributed by atoms with Crippen LogP contribution in [0.4, 0.5) is 21.8 Å². The van der Waals surface area contributed by atoms with E-state index in [0.29, 0.717) is 37.9 Å². The second-order valence-electron chi connectivity index (χ2n) is 7.41. The molecule has 2 aromatic carbocycles. The fourth-order valence-corrected chi connectivity index (χ4v) is 3.65. The molecule has 3 aromatic rings. The number of carbonyl (C=O) groups excluding carboxylic acids is 1. The highest BCUT2D eigenvalue weighted by Gasteiger charge is 2.19. The quantitative estimate of drug-likeness (QED) is 0.384. The van der Waals surface area contributed by atoms with E-state index in [1.54, 1.807) is 18.3 Å². The van der Waals surface area contributed by atoms with E-state index < -0.39 is 5.82 Å². The van der Waals surface area contributed by atoms with Gasteiger partial charge in [-0.25, -0.2) is 14.9 Å². The fourth-order valence-electron chi connectivity index (χ4n) is 3.47. The van der Waals surface area contributed by atoms with Crippen molar-refractivity contribution in [2.75, 3.05) is 43.6 Å². The molecule has 0 saturated carbocycles. The molecule has 4 rings (SSSR count). The maximum atomic E-state index is 13.5. The van der Waals surface area contributed by atoms with Crippen molar-refractivity contribution in [3.05, 3.63) is 71.1 Å². The maximum absolute atomic E-state index is 13.5. The first-order valence-corrected chi connectivity index (χ1v) is 10.9. The molecule has 2 heterocycles. The highest BCUT2D eigenvalue weighted by Crippen LogP contribution is 2.32. The summed E-state index contributed by atoms with van der Waals surface area (Å²) < 4.78 is 19.0. The molecule has 1 fully saturated rings. The molecule has 0 unspecified atom stereocenters. The Hall–Kier alpha value is -3.53. The van der Waals surface area contributed by atoms with Crippen molar-refractivity contribution in [3.63, 3.8) is 0 Å². The second-order valence-corrected chi connectivity index (χ2v) is 7.82. The Labute approximate surface area is 201 Å². The molecule has 10 heteroatoms. The fraction of sp³-hybridized carbons (Fsp3) is 0.208. The standard InChI is InChI=1S/C24H23ClFN5O3/c1-33-30-22(32)8-5-16-3-2-4-17(13-16)19-15-27-24(28-18-6-7-21(26)20(25)14-18)29-23(19)31-9-11-34-12-10-31/h2-8,13-15H,9-12H2,1H3,(H,30,32)(H,27,28,29). The van der Waals surface area contributed by atoms with Crippen molar-refractivity contribution in [2.45, 2.75) is 0 Å². The first-order chi connectivity index (χ1) is 16.5. The summed E-state index contributed by atoms with van der Waals surface area (Å²) in [5, 5.41) is 3.10. The number of morpholine rings is 1. The zero-order valence-electron chi connectivity index (χ0n) is 18.4. The third-order valence-electron chi connectivity index (χ3n) is 5.08. The molecule has 34 heavy (non-hydrogen) atoms. The van der Waals surface area contributed by atoms with E-state index in [0.717, 1.165) is 22.5 Å². The lowest BCUT2D eigenvalue weighted by molar-refractivity contribution is -0.126. The van der Waals surface area contributed by atoms with E-state index in [-0.39, 0.29) is 10.9 Å². The predicted molar refractivity (Wildman–Crippen MR) is 129 cm³/mol. The molecule has 0 spiro atoms. The van der Waals surface area contributed by atoms with Gasteiger partial charge in [-0.15, -0.1) is 0 Å². The Kier molecular flexibility index (Phi) is 7.69. The average molecular weight is 484 g/mol. The van der Waals surface area contributed by atoms with Gasteiger partial charge in [0.2, 0.25) is 5.95 Å². The van der Waals surface area contributed by atoms with E-state index in [1.165, 1.54) is 25.3 Å². The summed E-state index contributed by atoms with van der Waals surface area (Å²) in [6.07, 6.45) is 4.83. The van der Waals surface area contributed by atoms with Crippen LogP contribution in [0, 0.1) is 5.82 Å². The molecule has 8 nitrogen and oxygen atoms in total. The number of nitrogens with zero attached hydrogens (tertiary/aromatic N) is 3. The van der Waals surface area contributed by atoms with Crippen molar-refractivity contribution in [1.82, 2.24) is 15.4 Å². The molecule has 1 saturated heterocycles. The molecule has 176 valence electrons. The van der Waals surface area contributed by atoms with Crippen LogP contribution < -0.4 is 15.7 Å². The van der Waals surface area contributed by atoms with Gasteiger partial charge < -0.3 is 15.0 Å². The molecular formula is C24H23ClFN5O3. The number of amides is 1. The monoisotopic (exact) mass is 483 g/mol. The lowest BCUT2D eigenvalue weighted by Gasteiger charge is -2.29. The van der Waals surface area contributed by atoms with Crippen molar-refractivity contribution in [3.8, 4) is 11.1 Å². The number of hydroxylamine groups is 1. The Morgan fingerprint density at radius 3 is 2.82 bits per heavy atom. The molecule has 0 atom stereocenters. The molecule has 0 radical (unpaired) electrons. The van der Waals surface area contributed by atoms with Gasteiger partial charge >= 0.3 is 0 Å². The van der Waals surface area contributed by atoms with Gasteiger partial charge in [-0.2, -0.15) is 4.98 Å². The van der Waals surface area contributed by atoms with Gasteiger partial charge in [0.25, 0.3) is 5.91 Å². The van der Waals surface area contributed by atoms with Crippen molar-refractivity contribution in [1.29, 1.82) is 0 Å². The molecule has 1 aliphatic rings. The number of benzene rings is 2. The number of nitrogens with one attached hydrogen (secondary N) is 2. The highest BCUT2D eigenvalue weighted by molar-refractivity contribution is 6.31. The van der Waals surface area contributed by atoms with Gasteiger partial charge in [0, 0.05) is 36.6 Å². The summed E-state index contributed by atoms with van der Waals surface area (Å²) in [7, 11) is 1.38. The van der Waals surface area contributed by atoms with Gasteiger partial charge in [0.1, 0.15) is 11.6 Å². The van der Waals surface area contributed by atoms with Crippen molar-refractivity contribution >= 4 is 41.0 Å². The zero-order valence-corrected chi connectivity index (χ0v) is 19.2. The number of rotatable bonds is 7. The number of anilines is 3.